The van der Waals surface area contributed by atoms with E-state index in [1.807, 2.05) is 54.6 Å². The summed E-state index contributed by atoms with van der Waals surface area (Å²) in [5, 5.41) is 9.42. The van der Waals surface area contributed by atoms with Crippen molar-refractivity contribution >= 4 is 29.0 Å². The van der Waals surface area contributed by atoms with Gasteiger partial charge in [0.2, 0.25) is 0 Å². The molecule has 1 nitrogen and oxygen atoms in total. The first-order chi connectivity index (χ1) is 8.74. The predicted molar refractivity (Wildman–Crippen MR) is 81.0 cm³/mol. The Balaban J connectivity index is 2.54. The number of thiocarbonyl (C=S) groups is 1. The molecular weight excluding hydrogens is 258 g/mol. The molecule has 0 fully saturated rings. The number of nitriles is 1. The van der Waals surface area contributed by atoms with Gasteiger partial charge in [0, 0.05) is 5.56 Å². The smallest absolute Gasteiger partial charge is 0.0969 e. The second kappa shape index (κ2) is 5.81. The molecule has 2 rings (SSSR count). The molecule has 0 radical (unpaired) electrons. The van der Waals surface area contributed by atoms with Gasteiger partial charge in [0.25, 0.3) is 0 Å². The van der Waals surface area contributed by atoms with Crippen LogP contribution < -0.4 is 0 Å². The van der Waals surface area contributed by atoms with Crippen LogP contribution in [0.15, 0.2) is 54.6 Å². The predicted octanol–water partition coefficient (Wildman–Crippen LogP) is 3.95. The fraction of sp³-hybridized carbons (Fsp3) is 0.0667. The van der Waals surface area contributed by atoms with E-state index in [0.29, 0.717) is 4.20 Å². The van der Waals surface area contributed by atoms with Gasteiger partial charge in [-0.2, -0.15) is 5.26 Å². The highest BCUT2D eigenvalue weighted by atomic mass is 32.1. The van der Waals surface area contributed by atoms with Crippen molar-refractivity contribution in [1.29, 1.82) is 5.26 Å². The Morgan fingerprint density at radius 1 is 1.06 bits per heavy atom. The van der Waals surface area contributed by atoms with Crippen LogP contribution in [0.3, 0.4) is 0 Å². The van der Waals surface area contributed by atoms with Gasteiger partial charge in [0.05, 0.1) is 16.2 Å². The van der Waals surface area contributed by atoms with Crippen molar-refractivity contribution in [3.63, 3.8) is 0 Å². The van der Waals surface area contributed by atoms with Crippen LogP contribution >= 0.6 is 24.8 Å². The maximum absolute atomic E-state index is 9.42. The van der Waals surface area contributed by atoms with Crippen molar-refractivity contribution in [2.24, 2.45) is 0 Å². The van der Waals surface area contributed by atoms with E-state index in [9.17, 15) is 5.26 Å². The molecule has 2 aromatic carbocycles. The summed E-state index contributed by atoms with van der Waals surface area (Å²) in [6.45, 7) is 0. The van der Waals surface area contributed by atoms with Crippen LogP contribution in [0, 0.1) is 11.3 Å². The number of benzene rings is 2. The van der Waals surface area contributed by atoms with Crippen LogP contribution in [0.1, 0.15) is 22.6 Å². The largest absolute Gasteiger partial charge is 0.197 e. The average molecular weight is 269 g/mol. The highest BCUT2D eigenvalue weighted by molar-refractivity contribution is 8.11. The van der Waals surface area contributed by atoms with E-state index >= 15 is 0 Å². The molecule has 0 heterocycles. The second-order valence-electron chi connectivity index (χ2n) is 3.87. The molecule has 0 aliphatic carbocycles. The van der Waals surface area contributed by atoms with Gasteiger partial charge in [-0.3, -0.25) is 0 Å². The van der Waals surface area contributed by atoms with E-state index in [2.05, 4.69) is 18.7 Å². The van der Waals surface area contributed by atoms with Gasteiger partial charge in [-0.15, -0.1) is 12.6 Å². The summed E-state index contributed by atoms with van der Waals surface area (Å²) >= 11 is 9.35. The zero-order valence-electron chi connectivity index (χ0n) is 9.58. The molecule has 18 heavy (non-hydrogen) atoms. The summed E-state index contributed by atoms with van der Waals surface area (Å²) in [6.07, 6.45) is 0. The van der Waals surface area contributed by atoms with Gasteiger partial charge in [-0.05, 0) is 11.1 Å². The van der Waals surface area contributed by atoms with Crippen LogP contribution in [-0.2, 0) is 0 Å². The molecule has 2 aromatic rings. The second-order valence-corrected chi connectivity index (χ2v) is 5.02. The lowest BCUT2D eigenvalue weighted by atomic mass is 9.90. The molecule has 0 spiro atoms. The summed E-state index contributed by atoms with van der Waals surface area (Å²) in [5.74, 6) is -0.313. The van der Waals surface area contributed by atoms with Crippen molar-refractivity contribution in [2.45, 2.75) is 5.92 Å². The lowest BCUT2D eigenvalue weighted by Crippen LogP contribution is -2.04. The summed E-state index contributed by atoms with van der Waals surface area (Å²) in [7, 11) is 0. The Morgan fingerprint density at radius 2 is 1.67 bits per heavy atom. The molecule has 0 aromatic heterocycles. The van der Waals surface area contributed by atoms with Crippen LogP contribution in [0.5, 0.6) is 0 Å². The summed E-state index contributed by atoms with van der Waals surface area (Å²) < 4.78 is 0.516. The molecule has 1 unspecified atom stereocenters. The lowest BCUT2D eigenvalue weighted by Gasteiger charge is -2.13. The fourth-order valence-electron chi connectivity index (χ4n) is 1.91. The van der Waals surface area contributed by atoms with Gasteiger partial charge < -0.3 is 0 Å². The molecule has 0 aliphatic rings. The van der Waals surface area contributed by atoms with Crippen LogP contribution in [0.4, 0.5) is 0 Å². The Bertz CT molecular complexity index is 599. The molecule has 0 saturated heterocycles. The third-order valence-electron chi connectivity index (χ3n) is 2.76. The standard InChI is InChI=1S/C15H11NS2/c16-10-14(11-6-2-1-3-7-11)12-8-4-5-9-13(12)15(17)18/h1-9,14H,(H,17,18). The third-order valence-corrected chi connectivity index (χ3v) is 3.23. The van der Waals surface area contributed by atoms with Crippen LogP contribution in [0.2, 0.25) is 0 Å². The van der Waals surface area contributed by atoms with Gasteiger partial charge in [0.15, 0.2) is 0 Å². The van der Waals surface area contributed by atoms with Gasteiger partial charge in [0.1, 0.15) is 0 Å². The van der Waals surface area contributed by atoms with E-state index in [4.69, 9.17) is 12.2 Å². The first kappa shape index (κ1) is 12.8. The molecule has 0 saturated carbocycles. The fourth-order valence-corrected chi connectivity index (χ4v) is 2.30. The number of rotatable bonds is 3. The Labute approximate surface area is 117 Å². The van der Waals surface area contributed by atoms with E-state index < -0.39 is 0 Å². The summed E-state index contributed by atoms with van der Waals surface area (Å²) in [5.41, 5.74) is 2.73. The minimum Gasteiger partial charge on any atom is -0.197 e. The SMILES string of the molecule is N#CC(c1ccccc1)c1ccccc1C(=S)S. The number of hydrogen-bond acceptors (Lipinski definition) is 2. The van der Waals surface area contributed by atoms with Crippen molar-refractivity contribution in [2.75, 3.05) is 0 Å². The maximum atomic E-state index is 9.42. The lowest BCUT2D eigenvalue weighted by molar-refractivity contribution is 1.04. The van der Waals surface area contributed by atoms with E-state index in [1.54, 1.807) is 0 Å². The summed E-state index contributed by atoms with van der Waals surface area (Å²) in [4.78, 5) is 0. The number of thiol groups is 1. The van der Waals surface area contributed by atoms with Crippen molar-refractivity contribution in [1.82, 2.24) is 0 Å². The Kier molecular flexibility index (Phi) is 4.14. The van der Waals surface area contributed by atoms with Gasteiger partial charge in [-0.25, -0.2) is 0 Å². The zero-order chi connectivity index (χ0) is 13.0. The van der Waals surface area contributed by atoms with Crippen molar-refractivity contribution < 1.29 is 0 Å². The quantitative estimate of drug-likeness (QED) is 0.674. The number of nitrogens with zero attached hydrogens (tertiary/aromatic N) is 1. The maximum Gasteiger partial charge on any atom is 0.0969 e. The molecule has 1 atom stereocenters. The highest BCUT2D eigenvalue weighted by Crippen LogP contribution is 2.27. The minimum absolute atomic E-state index is 0.313. The average Bonchev–Trinajstić information content (AvgIpc) is 2.41. The third kappa shape index (κ3) is 2.61. The van der Waals surface area contributed by atoms with Gasteiger partial charge in [-0.1, -0.05) is 66.8 Å². The highest BCUT2D eigenvalue weighted by Gasteiger charge is 2.17. The summed E-state index contributed by atoms with van der Waals surface area (Å²) in [6, 6.07) is 19.7. The van der Waals surface area contributed by atoms with E-state index in [-0.39, 0.29) is 5.92 Å². The molecule has 3 heteroatoms. The number of hydrogen-bond donors (Lipinski definition) is 1. The molecule has 0 aliphatic heterocycles. The van der Waals surface area contributed by atoms with Crippen molar-refractivity contribution in [3.8, 4) is 6.07 Å². The van der Waals surface area contributed by atoms with Crippen LogP contribution in [-0.4, -0.2) is 4.20 Å². The minimum atomic E-state index is -0.313. The Morgan fingerprint density at radius 3 is 2.28 bits per heavy atom. The van der Waals surface area contributed by atoms with E-state index in [0.717, 1.165) is 16.7 Å². The first-order valence-electron chi connectivity index (χ1n) is 5.51. The molecule has 88 valence electrons. The Hall–Kier alpha value is -1.63. The molecule has 0 N–H and O–H groups in total. The molecular formula is C15H11NS2. The zero-order valence-corrected chi connectivity index (χ0v) is 11.3. The molecule has 0 bridgehead atoms. The van der Waals surface area contributed by atoms with E-state index in [1.165, 1.54) is 0 Å². The van der Waals surface area contributed by atoms with Crippen molar-refractivity contribution in [3.05, 3.63) is 71.3 Å². The van der Waals surface area contributed by atoms with Gasteiger partial charge >= 0.3 is 0 Å². The first-order valence-corrected chi connectivity index (χ1v) is 6.36. The molecule has 0 amide bonds. The monoisotopic (exact) mass is 269 g/mol. The normalized spacial score (nSPS) is 11.6. The topological polar surface area (TPSA) is 23.8 Å². The van der Waals surface area contributed by atoms with Crippen LogP contribution in [0.25, 0.3) is 0 Å².